The molecular weight excluding hydrogens is 268 g/mol. The number of alkyl halides is 1. The third-order valence-corrected chi connectivity index (χ3v) is 3.45. The van der Waals surface area contributed by atoms with Crippen molar-refractivity contribution >= 4 is 21.9 Å². The molecule has 0 radical (unpaired) electrons. The van der Waals surface area contributed by atoms with Crippen LogP contribution in [-0.4, -0.2) is 11.3 Å². The number of halogens is 1. The number of carbonyl (C=O) groups excluding carboxylic acids is 1. The van der Waals surface area contributed by atoms with Gasteiger partial charge in [0.05, 0.1) is 0 Å². The van der Waals surface area contributed by atoms with E-state index in [1.165, 1.54) is 0 Å². The Balaban J connectivity index is 2.20. The Morgan fingerprint density at radius 1 is 1.38 bits per heavy atom. The summed E-state index contributed by atoms with van der Waals surface area (Å²) in [5, 5.41) is 0.930. The van der Waals surface area contributed by atoms with Gasteiger partial charge >= 0.3 is 5.97 Å². The molecule has 0 spiro atoms. The van der Waals surface area contributed by atoms with Gasteiger partial charge in [-0.2, -0.15) is 0 Å². The molecule has 0 amide bonds. The van der Waals surface area contributed by atoms with Crippen molar-refractivity contribution in [3.05, 3.63) is 35.9 Å². The molecule has 1 atom stereocenters. The summed E-state index contributed by atoms with van der Waals surface area (Å²) in [4.78, 5) is 11.4. The molecule has 0 heterocycles. The standard InChI is InChI=1S/C13H17BrO2/c1-11(9-14)7-8-13(15)16-10-12-5-3-2-4-6-12/h2-6,11H,7-10H2,1H3/t11-/m1/s1. The van der Waals surface area contributed by atoms with Crippen molar-refractivity contribution in [3.8, 4) is 0 Å². The largest absolute Gasteiger partial charge is 0.461 e. The summed E-state index contributed by atoms with van der Waals surface area (Å²) >= 11 is 3.39. The van der Waals surface area contributed by atoms with E-state index in [1.807, 2.05) is 30.3 Å². The molecule has 0 fully saturated rings. The highest BCUT2D eigenvalue weighted by atomic mass is 79.9. The Hall–Kier alpha value is -0.830. The van der Waals surface area contributed by atoms with Gasteiger partial charge in [0.15, 0.2) is 0 Å². The second-order valence-electron chi connectivity index (χ2n) is 3.94. The second-order valence-corrected chi connectivity index (χ2v) is 4.59. The Morgan fingerprint density at radius 2 is 2.06 bits per heavy atom. The average molecular weight is 285 g/mol. The first kappa shape index (κ1) is 13.2. The van der Waals surface area contributed by atoms with Crippen molar-refractivity contribution < 1.29 is 9.53 Å². The van der Waals surface area contributed by atoms with Crippen molar-refractivity contribution in [2.75, 3.05) is 5.33 Å². The highest BCUT2D eigenvalue weighted by molar-refractivity contribution is 9.09. The highest BCUT2D eigenvalue weighted by Gasteiger charge is 2.06. The Labute approximate surface area is 105 Å². The first-order valence-electron chi connectivity index (χ1n) is 5.48. The number of hydrogen-bond acceptors (Lipinski definition) is 2. The second kappa shape index (κ2) is 7.44. The van der Waals surface area contributed by atoms with Crippen LogP contribution >= 0.6 is 15.9 Å². The number of esters is 1. The predicted molar refractivity (Wildman–Crippen MR) is 68.4 cm³/mol. The zero-order valence-corrected chi connectivity index (χ0v) is 11.1. The molecule has 3 heteroatoms. The predicted octanol–water partition coefficient (Wildman–Crippen LogP) is 3.54. The minimum Gasteiger partial charge on any atom is -0.461 e. The van der Waals surface area contributed by atoms with Gasteiger partial charge in [0.2, 0.25) is 0 Å². The van der Waals surface area contributed by atoms with E-state index < -0.39 is 0 Å². The van der Waals surface area contributed by atoms with E-state index in [-0.39, 0.29) is 5.97 Å². The minimum atomic E-state index is -0.114. The summed E-state index contributed by atoms with van der Waals surface area (Å²) in [5.74, 6) is 0.404. The fraction of sp³-hybridized carbons (Fsp3) is 0.462. The summed E-state index contributed by atoms with van der Waals surface area (Å²) in [6.45, 7) is 2.49. The van der Waals surface area contributed by atoms with Crippen LogP contribution in [0.4, 0.5) is 0 Å². The molecule has 0 aliphatic carbocycles. The van der Waals surface area contributed by atoms with Crippen molar-refractivity contribution in [3.63, 3.8) is 0 Å². The molecule has 88 valence electrons. The van der Waals surface area contributed by atoms with E-state index in [2.05, 4.69) is 22.9 Å². The summed E-state index contributed by atoms with van der Waals surface area (Å²) in [6, 6.07) is 9.73. The van der Waals surface area contributed by atoms with Crippen LogP contribution in [-0.2, 0) is 16.1 Å². The molecule has 16 heavy (non-hydrogen) atoms. The lowest BCUT2D eigenvalue weighted by Gasteiger charge is -2.07. The van der Waals surface area contributed by atoms with Crippen molar-refractivity contribution in [2.45, 2.75) is 26.4 Å². The zero-order chi connectivity index (χ0) is 11.8. The molecule has 0 aliphatic rings. The number of carbonyl (C=O) groups is 1. The van der Waals surface area contributed by atoms with E-state index in [4.69, 9.17) is 4.74 Å². The van der Waals surface area contributed by atoms with Gasteiger partial charge in [-0.25, -0.2) is 0 Å². The summed E-state index contributed by atoms with van der Waals surface area (Å²) < 4.78 is 5.17. The molecule has 0 N–H and O–H groups in total. The van der Waals surface area contributed by atoms with Gasteiger partial charge in [-0.15, -0.1) is 0 Å². The summed E-state index contributed by atoms with van der Waals surface area (Å²) in [6.07, 6.45) is 1.37. The molecular formula is C13H17BrO2. The van der Waals surface area contributed by atoms with Gasteiger partial charge in [-0.05, 0) is 17.9 Å². The average Bonchev–Trinajstić information content (AvgIpc) is 2.34. The highest BCUT2D eigenvalue weighted by Crippen LogP contribution is 2.10. The molecule has 1 rings (SSSR count). The SMILES string of the molecule is C[C@@H](CBr)CCC(=O)OCc1ccccc1. The van der Waals surface area contributed by atoms with Crippen LogP contribution in [0.1, 0.15) is 25.3 Å². The maximum Gasteiger partial charge on any atom is 0.306 e. The monoisotopic (exact) mass is 284 g/mol. The van der Waals surface area contributed by atoms with Crippen LogP contribution in [0.5, 0.6) is 0 Å². The fourth-order valence-corrected chi connectivity index (χ4v) is 1.58. The first-order valence-corrected chi connectivity index (χ1v) is 6.60. The van der Waals surface area contributed by atoms with E-state index in [0.29, 0.717) is 18.9 Å². The lowest BCUT2D eigenvalue weighted by atomic mass is 10.1. The maximum atomic E-state index is 11.4. The van der Waals surface area contributed by atoms with Gasteiger partial charge in [0.1, 0.15) is 6.61 Å². The zero-order valence-electron chi connectivity index (χ0n) is 9.49. The number of ether oxygens (including phenoxy) is 1. The lowest BCUT2D eigenvalue weighted by Crippen LogP contribution is -2.07. The summed E-state index contributed by atoms with van der Waals surface area (Å²) in [5.41, 5.74) is 1.03. The molecule has 0 saturated heterocycles. The smallest absolute Gasteiger partial charge is 0.306 e. The van der Waals surface area contributed by atoms with Gasteiger partial charge < -0.3 is 4.74 Å². The van der Waals surface area contributed by atoms with Crippen LogP contribution in [0.3, 0.4) is 0 Å². The molecule has 1 aromatic rings. The van der Waals surface area contributed by atoms with Crippen molar-refractivity contribution in [1.29, 1.82) is 0 Å². The Kier molecular flexibility index (Phi) is 6.16. The van der Waals surface area contributed by atoms with Gasteiger partial charge in [-0.3, -0.25) is 4.79 Å². The number of hydrogen-bond donors (Lipinski definition) is 0. The lowest BCUT2D eigenvalue weighted by molar-refractivity contribution is -0.145. The normalized spacial score (nSPS) is 12.1. The van der Waals surface area contributed by atoms with Crippen LogP contribution in [0.25, 0.3) is 0 Å². The van der Waals surface area contributed by atoms with Crippen molar-refractivity contribution in [2.24, 2.45) is 5.92 Å². The van der Waals surface area contributed by atoms with Crippen molar-refractivity contribution in [1.82, 2.24) is 0 Å². The van der Waals surface area contributed by atoms with E-state index in [9.17, 15) is 4.79 Å². The van der Waals surface area contributed by atoms with Gasteiger partial charge in [0.25, 0.3) is 0 Å². The third kappa shape index (κ3) is 5.31. The molecule has 0 bridgehead atoms. The molecule has 0 unspecified atom stereocenters. The van der Waals surface area contributed by atoms with E-state index in [1.54, 1.807) is 0 Å². The van der Waals surface area contributed by atoms with E-state index in [0.717, 1.165) is 17.3 Å². The molecule has 0 aromatic heterocycles. The van der Waals surface area contributed by atoms with Crippen LogP contribution < -0.4 is 0 Å². The third-order valence-electron chi connectivity index (χ3n) is 2.35. The Morgan fingerprint density at radius 3 is 2.69 bits per heavy atom. The van der Waals surface area contributed by atoms with Crippen LogP contribution in [0.2, 0.25) is 0 Å². The summed E-state index contributed by atoms with van der Waals surface area (Å²) in [7, 11) is 0. The number of rotatable bonds is 6. The molecule has 1 aromatic carbocycles. The van der Waals surface area contributed by atoms with Crippen LogP contribution in [0, 0.1) is 5.92 Å². The first-order chi connectivity index (χ1) is 7.72. The molecule has 2 nitrogen and oxygen atoms in total. The minimum absolute atomic E-state index is 0.114. The quantitative estimate of drug-likeness (QED) is 0.590. The van der Waals surface area contributed by atoms with E-state index >= 15 is 0 Å². The fourth-order valence-electron chi connectivity index (χ4n) is 1.25. The molecule has 0 aliphatic heterocycles. The maximum absolute atomic E-state index is 11.4. The van der Waals surface area contributed by atoms with Crippen LogP contribution in [0.15, 0.2) is 30.3 Å². The topological polar surface area (TPSA) is 26.3 Å². The molecule has 0 saturated carbocycles. The Bertz CT molecular complexity index is 311. The van der Waals surface area contributed by atoms with Gasteiger partial charge in [-0.1, -0.05) is 53.2 Å². The number of benzene rings is 1. The van der Waals surface area contributed by atoms with Gasteiger partial charge in [0, 0.05) is 11.8 Å².